The van der Waals surface area contributed by atoms with Crippen LogP contribution in [0.3, 0.4) is 0 Å². The van der Waals surface area contributed by atoms with Crippen molar-refractivity contribution in [3.8, 4) is 0 Å². The molecule has 1 heterocycles. The van der Waals surface area contributed by atoms with Crippen molar-refractivity contribution in [3.63, 3.8) is 0 Å². The lowest BCUT2D eigenvalue weighted by atomic mass is 9.93. The fourth-order valence-corrected chi connectivity index (χ4v) is 2.66. The third-order valence-electron chi connectivity index (χ3n) is 3.91. The first-order valence-electron chi connectivity index (χ1n) is 5.27. The second-order valence-electron chi connectivity index (χ2n) is 5.05. The zero-order valence-electron chi connectivity index (χ0n) is 7.63. The van der Waals surface area contributed by atoms with Crippen LogP contribution in [0.25, 0.3) is 0 Å². The van der Waals surface area contributed by atoms with Gasteiger partial charge in [0.2, 0.25) is 0 Å². The number of nitrogens with zero attached hydrogens (tertiary/aromatic N) is 1. The van der Waals surface area contributed by atoms with Crippen LogP contribution in [-0.4, -0.2) is 30.6 Å². The summed E-state index contributed by atoms with van der Waals surface area (Å²) < 4.78 is 0. The van der Waals surface area contributed by atoms with E-state index in [0.29, 0.717) is 0 Å². The van der Waals surface area contributed by atoms with Crippen molar-refractivity contribution >= 4 is 0 Å². The topological polar surface area (TPSA) is 29.3 Å². The van der Waals surface area contributed by atoms with Gasteiger partial charge in [0.1, 0.15) is 0 Å². The van der Waals surface area contributed by atoms with Gasteiger partial charge in [0.25, 0.3) is 0 Å². The van der Waals surface area contributed by atoms with Crippen LogP contribution in [-0.2, 0) is 0 Å². The van der Waals surface area contributed by atoms with E-state index >= 15 is 0 Å². The Morgan fingerprint density at radius 2 is 2.00 bits per heavy atom. The standard InChI is InChI=1S/C10H18N2/c11-5-9(8-1-2-8)12-6-10(7-12)3-4-10/h8-9H,1-7,11H2. The van der Waals surface area contributed by atoms with E-state index in [1.807, 2.05) is 0 Å². The molecular formula is C10H18N2. The minimum atomic E-state index is 0.747. The van der Waals surface area contributed by atoms with Crippen LogP contribution in [0.2, 0.25) is 0 Å². The van der Waals surface area contributed by atoms with E-state index in [9.17, 15) is 0 Å². The van der Waals surface area contributed by atoms with E-state index in [4.69, 9.17) is 5.73 Å². The fraction of sp³-hybridized carbons (Fsp3) is 1.00. The van der Waals surface area contributed by atoms with E-state index in [-0.39, 0.29) is 0 Å². The van der Waals surface area contributed by atoms with Gasteiger partial charge in [0, 0.05) is 25.7 Å². The maximum atomic E-state index is 5.79. The summed E-state index contributed by atoms with van der Waals surface area (Å²) in [7, 11) is 0. The Kier molecular flexibility index (Phi) is 1.37. The predicted molar refractivity (Wildman–Crippen MR) is 48.8 cm³/mol. The van der Waals surface area contributed by atoms with Crippen LogP contribution in [0.4, 0.5) is 0 Å². The van der Waals surface area contributed by atoms with E-state index in [0.717, 1.165) is 23.9 Å². The summed E-state index contributed by atoms with van der Waals surface area (Å²) in [6, 6.07) is 0.747. The van der Waals surface area contributed by atoms with Gasteiger partial charge in [-0.2, -0.15) is 0 Å². The lowest BCUT2D eigenvalue weighted by Gasteiger charge is -2.45. The third-order valence-corrected chi connectivity index (χ3v) is 3.91. The molecule has 1 aliphatic heterocycles. The van der Waals surface area contributed by atoms with Gasteiger partial charge in [-0.1, -0.05) is 0 Å². The summed E-state index contributed by atoms with van der Waals surface area (Å²) in [5.74, 6) is 0.964. The molecule has 12 heavy (non-hydrogen) atoms. The molecule has 0 aromatic carbocycles. The van der Waals surface area contributed by atoms with Crippen LogP contribution in [0.15, 0.2) is 0 Å². The molecule has 2 N–H and O–H groups in total. The average molecular weight is 166 g/mol. The number of rotatable bonds is 3. The van der Waals surface area contributed by atoms with Gasteiger partial charge in [-0.15, -0.1) is 0 Å². The molecule has 68 valence electrons. The lowest BCUT2D eigenvalue weighted by molar-refractivity contribution is 0.0304. The molecule has 3 rings (SSSR count). The highest BCUT2D eigenvalue weighted by Crippen LogP contribution is 2.54. The molecule has 2 heteroatoms. The number of nitrogens with two attached hydrogens (primary N) is 1. The molecule has 0 aromatic heterocycles. The highest BCUT2D eigenvalue weighted by atomic mass is 15.3. The zero-order chi connectivity index (χ0) is 8.18. The predicted octanol–water partition coefficient (Wildman–Crippen LogP) is 0.819. The molecule has 2 aliphatic carbocycles. The second-order valence-corrected chi connectivity index (χ2v) is 5.05. The smallest absolute Gasteiger partial charge is 0.0247 e. The molecule has 0 aromatic rings. The largest absolute Gasteiger partial charge is 0.329 e. The van der Waals surface area contributed by atoms with Gasteiger partial charge in [0.15, 0.2) is 0 Å². The highest BCUT2D eigenvalue weighted by Gasteiger charge is 2.54. The molecule has 2 nitrogen and oxygen atoms in total. The molecule has 1 saturated heterocycles. The van der Waals surface area contributed by atoms with E-state index in [1.54, 1.807) is 0 Å². The van der Waals surface area contributed by atoms with E-state index in [1.165, 1.54) is 38.8 Å². The summed E-state index contributed by atoms with van der Waals surface area (Å²) in [5.41, 5.74) is 6.60. The maximum absolute atomic E-state index is 5.79. The van der Waals surface area contributed by atoms with E-state index in [2.05, 4.69) is 4.90 Å². The van der Waals surface area contributed by atoms with Crippen LogP contribution in [0.1, 0.15) is 25.7 Å². The SMILES string of the molecule is NCC(C1CC1)N1CC2(CC2)C1. The van der Waals surface area contributed by atoms with Gasteiger partial charge in [-0.25, -0.2) is 0 Å². The number of hydrogen-bond donors (Lipinski definition) is 1. The monoisotopic (exact) mass is 166 g/mol. The van der Waals surface area contributed by atoms with Crippen LogP contribution >= 0.6 is 0 Å². The Labute approximate surface area is 74.1 Å². The minimum Gasteiger partial charge on any atom is -0.329 e. The first kappa shape index (κ1) is 7.34. The van der Waals surface area contributed by atoms with Crippen LogP contribution < -0.4 is 5.73 Å². The van der Waals surface area contributed by atoms with Gasteiger partial charge in [0.05, 0.1) is 0 Å². The maximum Gasteiger partial charge on any atom is 0.0247 e. The van der Waals surface area contributed by atoms with Crippen molar-refractivity contribution in [3.05, 3.63) is 0 Å². The molecule has 1 unspecified atom stereocenters. The molecule has 0 radical (unpaired) electrons. The van der Waals surface area contributed by atoms with Gasteiger partial charge in [-0.3, -0.25) is 4.90 Å². The van der Waals surface area contributed by atoms with Gasteiger partial charge in [-0.05, 0) is 37.0 Å². The minimum absolute atomic E-state index is 0.747. The summed E-state index contributed by atoms with van der Waals surface area (Å²) in [6.45, 7) is 3.62. The Morgan fingerprint density at radius 1 is 1.33 bits per heavy atom. The summed E-state index contributed by atoms with van der Waals surface area (Å²) in [5, 5.41) is 0. The van der Waals surface area contributed by atoms with Crippen molar-refractivity contribution in [2.45, 2.75) is 31.7 Å². The Balaban J connectivity index is 1.57. The normalized spacial score (nSPS) is 34.8. The van der Waals surface area contributed by atoms with Crippen molar-refractivity contribution in [1.82, 2.24) is 4.90 Å². The molecule has 3 fully saturated rings. The molecule has 1 spiro atoms. The molecule has 1 atom stereocenters. The quantitative estimate of drug-likeness (QED) is 0.672. The Hall–Kier alpha value is -0.0800. The molecule has 0 amide bonds. The Bertz CT molecular complexity index is 186. The second kappa shape index (κ2) is 2.24. The van der Waals surface area contributed by atoms with E-state index < -0.39 is 0 Å². The Morgan fingerprint density at radius 3 is 2.42 bits per heavy atom. The van der Waals surface area contributed by atoms with Crippen molar-refractivity contribution < 1.29 is 0 Å². The van der Waals surface area contributed by atoms with Crippen molar-refractivity contribution in [2.75, 3.05) is 19.6 Å². The molecule has 2 saturated carbocycles. The average Bonchev–Trinajstić information content (AvgIpc) is 2.80. The zero-order valence-corrected chi connectivity index (χ0v) is 7.63. The highest BCUT2D eigenvalue weighted by molar-refractivity contribution is 5.08. The molecule has 3 aliphatic rings. The van der Waals surface area contributed by atoms with Crippen LogP contribution in [0, 0.1) is 11.3 Å². The van der Waals surface area contributed by atoms with Gasteiger partial charge >= 0.3 is 0 Å². The summed E-state index contributed by atoms with van der Waals surface area (Å²) >= 11 is 0. The van der Waals surface area contributed by atoms with Crippen molar-refractivity contribution in [1.29, 1.82) is 0 Å². The third kappa shape index (κ3) is 1.01. The molecular weight excluding hydrogens is 148 g/mol. The molecule has 0 bridgehead atoms. The lowest BCUT2D eigenvalue weighted by Crippen LogP contribution is -2.56. The summed E-state index contributed by atoms with van der Waals surface area (Å²) in [6.07, 6.45) is 5.85. The fourth-order valence-electron chi connectivity index (χ4n) is 2.66. The van der Waals surface area contributed by atoms with Gasteiger partial charge < -0.3 is 5.73 Å². The first-order chi connectivity index (χ1) is 5.83. The first-order valence-corrected chi connectivity index (χ1v) is 5.27. The number of hydrogen-bond acceptors (Lipinski definition) is 2. The summed E-state index contributed by atoms with van der Waals surface area (Å²) in [4.78, 5) is 2.63. The number of likely N-dealkylation sites (tertiary alicyclic amines) is 1. The van der Waals surface area contributed by atoms with Crippen LogP contribution in [0.5, 0.6) is 0 Å². The van der Waals surface area contributed by atoms with Crippen molar-refractivity contribution in [2.24, 2.45) is 17.1 Å².